The third kappa shape index (κ3) is 2.52. The Morgan fingerprint density at radius 1 is 0.750 bits per heavy atom. The molecule has 0 heterocycles. The van der Waals surface area contributed by atoms with Crippen molar-refractivity contribution in [1.82, 2.24) is 0 Å². The molecule has 0 atom stereocenters. The highest BCUT2D eigenvalue weighted by Crippen LogP contribution is 2.48. The Labute approximate surface area is 138 Å². The second kappa shape index (κ2) is 5.85. The van der Waals surface area contributed by atoms with E-state index in [1.54, 1.807) is 0 Å². The summed E-state index contributed by atoms with van der Waals surface area (Å²) >= 11 is 0. The van der Waals surface area contributed by atoms with Crippen LogP contribution in [0, 0.1) is 11.6 Å². The van der Waals surface area contributed by atoms with E-state index in [-0.39, 0.29) is 11.4 Å². The molecular weight excluding hydrogens is 314 g/mol. The molecule has 2 aromatic carbocycles. The molecular formula is C18H20F2N2O2. The van der Waals surface area contributed by atoms with Crippen molar-refractivity contribution in [2.45, 2.75) is 37.5 Å². The second-order valence-electron chi connectivity index (χ2n) is 6.43. The van der Waals surface area contributed by atoms with Crippen molar-refractivity contribution in [1.29, 1.82) is 0 Å². The first-order valence-electron chi connectivity index (χ1n) is 7.92. The molecule has 4 nitrogen and oxygen atoms in total. The topological polar surface area (TPSA) is 92.5 Å². The van der Waals surface area contributed by atoms with Gasteiger partial charge < -0.3 is 21.7 Å². The van der Waals surface area contributed by atoms with Crippen LogP contribution in [-0.4, -0.2) is 10.2 Å². The lowest BCUT2D eigenvalue weighted by molar-refractivity contribution is 0.341. The maximum absolute atomic E-state index is 14.0. The second-order valence-corrected chi connectivity index (χ2v) is 6.43. The highest BCUT2D eigenvalue weighted by molar-refractivity contribution is 5.60. The maximum atomic E-state index is 14.0. The molecule has 3 rings (SSSR count). The molecule has 1 aliphatic carbocycles. The van der Waals surface area contributed by atoms with Gasteiger partial charge in [0.2, 0.25) is 0 Å². The number of phenols is 2. The molecule has 2 aromatic rings. The van der Waals surface area contributed by atoms with Crippen LogP contribution in [0.4, 0.5) is 20.2 Å². The van der Waals surface area contributed by atoms with Gasteiger partial charge >= 0.3 is 0 Å². The number of halogens is 2. The molecule has 0 bridgehead atoms. The van der Waals surface area contributed by atoms with E-state index in [9.17, 15) is 19.0 Å². The van der Waals surface area contributed by atoms with Crippen LogP contribution in [0.15, 0.2) is 24.3 Å². The monoisotopic (exact) mass is 334 g/mol. The Morgan fingerprint density at radius 3 is 1.54 bits per heavy atom. The Bertz CT molecular complexity index is 681. The SMILES string of the molecule is Nc1cc(C2(c3cc(N)c(O)c(F)c3)CCCCC2)cc(F)c1O. The van der Waals surface area contributed by atoms with Gasteiger partial charge in [0.25, 0.3) is 0 Å². The largest absolute Gasteiger partial charge is 0.503 e. The van der Waals surface area contributed by atoms with Crippen molar-refractivity contribution in [2.24, 2.45) is 0 Å². The molecule has 24 heavy (non-hydrogen) atoms. The summed E-state index contributed by atoms with van der Waals surface area (Å²) in [6.45, 7) is 0. The average Bonchev–Trinajstić information content (AvgIpc) is 2.57. The fourth-order valence-corrected chi connectivity index (χ4v) is 3.69. The van der Waals surface area contributed by atoms with Crippen LogP contribution < -0.4 is 11.5 Å². The maximum Gasteiger partial charge on any atom is 0.174 e. The molecule has 128 valence electrons. The van der Waals surface area contributed by atoms with Gasteiger partial charge in [-0.1, -0.05) is 19.3 Å². The van der Waals surface area contributed by atoms with E-state index in [4.69, 9.17) is 11.5 Å². The zero-order chi connectivity index (χ0) is 17.5. The van der Waals surface area contributed by atoms with Crippen LogP contribution in [-0.2, 0) is 5.41 Å². The summed E-state index contributed by atoms with van der Waals surface area (Å²) in [7, 11) is 0. The lowest BCUT2D eigenvalue weighted by Gasteiger charge is -2.39. The number of nitrogens with two attached hydrogens (primary N) is 2. The van der Waals surface area contributed by atoms with E-state index in [1.165, 1.54) is 24.3 Å². The molecule has 1 fully saturated rings. The smallest absolute Gasteiger partial charge is 0.174 e. The van der Waals surface area contributed by atoms with E-state index < -0.39 is 28.5 Å². The lowest BCUT2D eigenvalue weighted by atomic mass is 9.65. The van der Waals surface area contributed by atoms with Crippen LogP contribution in [0.2, 0.25) is 0 Å². The summed E-state index contributed by atoms with van der Waals surface area (Å²) < 4.78 is 28.1. The van der Waals surface area contributed by atoms with Crippen molar-refractivity contribution in [3.8, 4) is 11.5 Å². The van der Waals surface area contributed by atoms with Crippen LogP contribution >= 0.6 is 0 Å². The molecule has 6 N–H and O–H groups in total. The number of phenolic OH excluding ortho intramolecular Hbond substituents is 2. The van der Waals surface area contributed by atoms with Crippen molar-refractivity contribution in [2.75, 3.05) is 11.5 Å². The van der Waals surface area contributed by atoms with Gasteiger partial charge in [0.1, 0.15) is 0 Å². The first kappa shape index (κ1) is 16.4. The quantitative estimate of drug-likeness (QED) is 0.496. The molecule has 0 aliphatic heterocycles. The molecule has 6 heteroatoms. The minimum atomic E-state index is -0.804. The third-order valence-electron chi connectivity index (χ3n) is 5.00. The van der Waals surface area contributed by atoms with Crippen LogP contribution in [0.3, 0.4) is 0 Å². The minimum Gasteiger partial charge on any atom is -0.503 e. The van der Waals surface area contributed by atoms with Gasteiger partial charge in [0.05, 0.1) is 11.4 Å². The number of rotatable bonds is 2. The highest BCUT2D eigenvalue weighted by Gasteiger charge is 2.37. The Balaban J connectivity index is 2.23. The number of benzene rings is 2. The zero-order valence-corrected chi connectivity index (χ0v) is 13.1. The van der Waals surface area contributed by atoms with Gasteiger partial charge in [-0.25, -0.2) is 8.78 Å². The predicted molar refractivity (Wildman–Crippen MR) is 88.8 cm³/mol. The number of hydrogen-bond acceptors (Lipinski definition) is 4. The number of aromatic hydroxyl groups is 2. The summed E-state index contributed by atoms with van der Waals surface area (Å²) in [5, 5.41) is 19.2. The zero-order valence-electron chi connectivity index (χ0n) is 13.1. The summed E-state index contributed by atoms with van der Waals surface area (Å²) in [4.78, 5) is 0. The normalized spacial score (nSPS) is 16.9. The molecule has 0 spiro atoms. The minimum absolute atomic E-state index is 0.0535. The standard InChI is InChI=1S/C18H20F2N2O2/c19-12-6-10(8-14(21)16(12)23)18(4-2-1-3-5-18)11-7-13(20)17(24)15(22)9-11/h6-9,23-24H,1-5,21-22H2. The van der Waals surface area contributed by atoms with Gasteiger partial charge in [-0.3, -0.25) is 0 Å². The van der Waals surface area contributed by atoms with E-state index in [0.717, 1.165) is 19.3 Å². The Hall–Kier alpha value is -2.50. The van der Waals surface area contributed by atoms with Crippen LogP contribution in [0.25, 0.3) is 0 Å². The van der Waals surface area contributed by atoms with E-state index in [0.29, 0.717) is 24.0 Å². The first-order chi connectivity index (χ1) is 11.3. The number of nitrogen functional groups attached to an aromatic ring is 2. The Morgan fingerprint density at radius 2 is 1.17 bits per heavy atom. The molecule has 0 amide bonds. The summed E-state index contributed by atoms with van der Waals surface area (Å²) in [5.41, 5.74) is 11.8. The van der Waals surface area contributed by atoms with Gasteiger partial charge in [-0.2, -0.15) is 0 Å². The molecule has 1 saturated carbocycles. The van der Waals surface area contributed by atoms with E-state index >= 15 is 0 Å². The van der Waals surface area contributed by atoms with Crippen LogP contribution in [0.1, 0.15) is 43.2 Å². The van der Waals surface area contributed by atoms with Gasteiger partial charge in [0.15, 0.2) is 23.1 Å². The van der Waals surface area contributed by atoms with Crippen LogP contribution in [0.5, 0.6) is 11.5 Å². The molecule has 0 saturated heterocycles. The fraction of sp³-hybridized carbons (Fsp3) is 0.333. The van der Waals surface area contributed by atoms with Crippen molar-refractivity contribution >= 4 is 11.4 Å². The molecule has 0 unspecified atom stereocenters. The third-order valence-corrected chi connectivity index (χ3v) is 5.00. The summed E-state index contributed by atoms with van der Waals surface area (Å²) in [5.74, 6) is -2.77. The summed E-state index contributed by atoms with van der Waals surface area (Å²) in [6.07, 6.45) is 4.18. The van der Waals surface area contributed by atoms with Gasteiger partial charge in [-0.05, 0) is 48.2 Å². The van der Waals surface area contributed by atoms with Crippen molar-refractivity contribution in [3.05, 3.63) is 47.0 Å². The predicted octanol–water partition coefficient (Wildman–Crippen LogP) is 3.79. The molecule has 0 radical (unpaired) electrons. The highest BCUT2D eigenvalue weighted by atomic mass is 19.1. The van der Waals surface area contributed by atoms with Crippen molar-refractivity contribution < 1.29 is 19.0 Å². The first-order valence-corrected chi connectivity index (χ1v) is 7.92. The van der Waals surface area contributed by atoms with Crippen molar-refractivity contribution in [3.63, 3.8) is 0 Å². The Kier molecular flexibility index (Phi) is 3.99. The number of hydrogen-bond donors (Lipinski definition) is 4. The van der Waals surface area contributed by atoms with E-state index in [1.807, 2.05) is 0 Å². The fourth-order valence-electron chi connectivity index (χ4n) is 3.69. The molecule has 0 aromatic heterocycles. The van der Waals surface area contributed by atoms with E-state index in [2.05, 4.69) is 0 Å². The average molecular weight is 334 g/mol. The number of anilines is 2. The lowest BCUT2D eigenvalue weighted by Crippen LogP contribution is -2.31. The van der Waals surface area contributed by atoms with Gasteiger partial charge in [-0.15, -0.1) is 0 Å². The molecule has 1 aliphatic rings. The van der Waals surface area contributed by atoms with Gasteiger partial charge in [0, 0.05) is 5.41 Å². The summed E-state index contributed by atoms with van der Waals surface area (Å²) in [6, 6.07) is 5.56.